The molecule has 1 fully saturated rings. The number of piperidine rings is 1. The number of rotatable bonds is 9. The van der Waals surface area contributed by atoms with Crippen molar-refractivity contribution in [2.24, 2.45) is 0 Å². The van der Waals surface area contributed by atoms with Gasteiger partial charge in [0.2, 0.25) is 5.91 Å². The van der Waals surface area contributed by atoms with Crippen LogP contribution in [0.1, 0.15) is 65.1 Å². The normalized spacial score (nSPS) is 19.0. The van der Waals surface area contributed by atoms with E-state index in [1.54, 1.807) is 26.4 Å². The first-order valence-electron chi connectivity index (χ1n) is 15.1. The van der Waals surface area contributed by atoms with Crippen LogP contribution in [-0.4, -0.2) is 61.2 Å². The Hall–Kier alpha value is -3.87. The number of carbonyl (C=O) groups is 1. The number of fused-ring (bicyclic) bond motifs is 2. The number of carbonyl (C=O) groups excluding carboxylic acids is 1. The van der Waals surface area contributed by atoms with Crippen LogP contribution in [0.15, 0.2) is 90.9 Å². The molecule has 1 N–H and O–H groups in total. The molecule has 7 heteroatoms. The molecule has 0 saturated carbocycles. The summed E-state index contributed by atoms with van der Waals surface area (Å²) >= 11 is 0. The van der Waals surface area contributed by atoms with E-state index in [9.17, 15) is 4.79 Å². The predicted octanol–water partition coefficient (Wildman–Crippen LogP) is 7.28. The van der Waals surface area contributed by atoms with E-state index < -0.39 is 0 Å². The number of likely N-dealkylation sites (tertiary alicyclic amines) is 1. The number of aryl methyl sites for hydroxylation is 1. The maximum absolute atomic E-state index is 13.0. The molecule has 1 saturated heterocycles. The Morgan fingerprint density at radius 1 is 1.17 bits per heavy atom. The Balaban J connectivity index is 0.00000211. The predicted molar refractivity (Wildman–Crippen MR) is 177 cm³/mol. The highest BCUT2D eigenvalue weighted by Crippen LogP contribution is 2.35. The van der Waals surface area contributed by atoms with E-state index in [4.69, 9.17) is 9.47 Å². The van der Waals surface area contributed by atoms with Crippen LogP contribution in [0.3, 0.4) is 0 Å². The summed E-state index contributed by atoms with van der Waals surface area (Å²) < 4.78 is 12.8. The van der Waals surface area contributed by atoms with Crippen molar-refractivity contribution in [1.29, 1.82) is 0 Å². The summed E-state index contributed by atoms with van der Waals surface area (Å²) in [4.78, 5) is 17.2. The third kappa shape index (κ3) is 10.5. The summed E-state index contributed by atoms with van der Waals surface area (Å²) in [6, 6.07) is 2.25. The molecule has 2 aliphatic rings. The van der Waals surface area contributed by atoms with E-state index in [2.05, 4.69) is 84.3 Å². The zero-order valence-corrected chi connectivity index (χ0v) is 27.4. The van der Waals surface area contributed by atoms with Crippen LogP contribution in [0.2, 0.25) is 0 Å². The number of nitrogens with zero attached hydrogens (tertiary/aromatic N) is 3. The van der Waals surface area contributed by atoms with Crippen molar-refractivity contribution in [3.8, 4) is 0 Å². The zero-order chi connectivity index (χ0) is 31.5. The molecule has 0 radical (unpaired) electrons. The first-order chi connectivity index (χ1) is 20.3. The van der Waals surface area contributed by atoms with Crippen LogP contribution in [-0.2, 0) is 19.8 Å². The summed E-state index contributed by atoms with van der Waals surface area (Å²) in [5, 5.41) is 3.74. The minimum absolute atomic E-state index is 0.0964. The topological polar surface area (TPSA) is 59.0 Å². The molecule has 0 unspecified atom stereocenters. The van der Waals surface area contributed by atoms with Crippen molar-refractivity contribution in [2.45, 2.75) is 66.3 Å². The van der Waals surface area contributed by atoms with Crippen LogP contribution in [0.5, 0.6) is 0 Å². The summed E-state index contributed by atoms with van der Waals surface area (Å²) in [6.07, 6.45) is 24.0. The number of ether oxygens (including phenoxy) is 2. The smallest absolute Gasteiger partial charge is 0.226 e. The summed E-state index contributed by atoms with van der Waals surface area (Å²) in [7, 11) is 5.28. The van der Waals surface area contributed by atoms with Gasteiger partial charge < -0.3 is 29.2 Å². The van der Waals surface area contributed by atoms with E-state index in [0.29, 0.717) is 18.8 Å². The molecule has 42 heavy (non-hydrogen) atoms. The molecular formula is C35H54N4O3. The number of likely N-dealkylation sites (N-methyl/N-ethyl adjacent to an activating group) is 1. The van der Waals surface area contributed by atoms with Gasteiger partial charge in [0.1, 0.15) is 5.76 Å². The van der Waals surface area contributed by atoms with Crippen LogP contribution in [0.25, 0.3) is 6.20 Å². The molecule has 0 aromatic carbocycles. The number of nitrogens with one attached hydrogen (secondary N) is 1. The second-order valence-corrected chi connectivity index (χ2v) is 9.70. The molecule has 0 aliphatic carbocycles. The van der Waals surface area contributed by atoms with Gasteiger partial charge in [0.05, 0.1) is 25.5 Å². The molecule has 1 amide bonds. The van der Waals surface area contributed by atoms with Crippen molar-refractivity contribution in [1.82, 2.24) is 19.7 Å². The molecule has 0 bridgehead atoms. The molecule has 232 valence electrons. The van der Waals surface area contributed by atoms with Crippen LogP contribution >= 0.6 is 0 Å². The Kier molecular flexibility index (Phi) is 16.6. The van der Waals surface area contributed by atoms with Crippen molar-refractivity contribution in [2.75, 3.05) is 40.9 Å². The molecule has 1 aromatic rings. The largest absolute Gasteiger partial charge is 0.501 e. The lowest BCUT2D eigenvalue weighted by atomic mass is 9.83. The molecule has 1 spiro atoms. The maximum atomic E-state index is 13.0. The van der Waals surface area contributed by atoms with Gasteiger partial charge in [-0.3, -0.25) is 4.79 Å². The first kappa shape index (κ1) is 36.2. The highest BCUT2D eigenvalue weighted by atomic mass is 16.5. The van der Waals surface area contributed by atoms with Gasteiger partial charge in [-0.1, -0.05) is 52.5 Å². The van der Waals surface area contributed by atoms with Crippen molar-refractivity contribution in [3.05, 3.63) is 102 Å². The van der Waals surface area contributed by atoms with E-state index in [-0.39, 0.29) is 17.9 Å². The van der Waals surface area contributed by atoms with Crippen LogP contribution in [0, 0.1) is 6.92 Å². The van der Waals surface area contributed by atoms with Gasteiger partial charge >= 0.3 is 0 Å². The van der Waals surface area contributed by atoms with Gasteiger partial charge in [0, 0.05) is 63.0 Å². The van der Waals surface area contributed by atoms with Crippen molar-refractivity contribution < 1.29 is 14.3 Å². The van der Waals surface area contributed by atoms with E-state index >= 15 is 0 Å². The number of amides is 1. The van der Waals surface area contributed by atoms with Crippen LogP contribution < -0.4 is 5.32 Å². The molecule has 3 heterocycles. The second-order valence-electron chi connectivity index (χ2n) is 9.70. The quantitative estimate of drug-likeness (QED) is 0.246. The Morgan fingerprint density at radius 3 is 2.48 bits per heavy atom. The SMILES string of the molecule is C=C/C=C\CN(C)C1=C/C=C/n2cc(C)cc2C2(CCN(C(=O)C/C=C(\C=C(/C)OC)OC)CC2)N\C=C\1.CC.CC. The minimum Gasteiger partial charge on any atom is -0.501 e. The highest BCUT2D eigenvalue weighted by Gasteiger charge is 2.38. The molecular weight excluding hydrogens is 524 g/mol. The molecule has 3 rings (SSSR count). The first-order valence-corrected chi connectivity index (χ1v) is 15.1. The fourth-order valence-corrected chi connectivity index (χ4v) is 4.77. The van der Waals surface area contributed by atoms with E-state index in [1.807, 2.05) is 51.7 Å². The molecule has 7 nitrogen and oxygen atoms in total. The lowest BCUT2D eigenvalue weighted by Gasteiger charge is -2.42. The Labute approximate surface area is 255 Å². The standard InChI is InChI=1S/C31H42N4O3.2C2H6/c1-7-8-9-18-33(4)27-11-10-19-35-24-25(2)22-29(35)31(32-17-14-27)15-20-34(21-16-31)30(36)13-12-28(38-6)23-26(3)37-5;2*1-2/h7-12,14,17,19,22-24,32H,1,13,15-16,18,20-21H2,2-6H3;2*1-2H3/b9-8-,17-14+,19-10+,26-23+,27-11+,28-12+;;. The fourth-order valence-electron chi connectivity index (χ4n) is 4.77. The number of hydrogen-bond donors (Lipinski definition) is 1. The van der Waals surface area contributed by atoms with Gasteiger partial charge in [-0.15, -0.1) is 0 Å². The van der Waals surface area contributed by atoms with E-state index in [0.717, 1.165) is 30.8 Å². The summed E-state index contributed by atoms with van der Waals surface area (Å²) in [5.74, 6) is 1.45. The third-order valence-electron chi connectivity index (χ3n) is 7.05. The molecule has 0 atom stereocenters. The van der Waals surface area contributed by atoms with Gasteiger partial charge in [-0.25, -0.2) is 0 Å². The lowest BCUT2D eigenvalue weighted by Crippen LogP contribution is -2.51. The number of aromatic nitrogens is 1. The number of methoxy groups -OCH3 is 2. The average Bonchev–Trinajstić information content (AvgIpc) is 3.41. The fraction of sp³-hybridized carbons (Fsp3) is 0.457. The van der Waals surface area contributed by atoms with Gasteiger partial charge in [0.25, 0.3) is 0 Å². The van der Waals surface area contributed by atoms with Crippen molar-refractivity contribution in [3.63, 3.8) is 0 Å². The van der Waals surface area contributed by atoms with Gasteiger partial charge in [-0.05, 0) is 68.8 Å². The second kappa shape index (κ2) is 19.3. The molecule has 2 aliphatic heterocycles. The monoisotopic (exact) mass is 578 g/mol. The third-order valence-corrected chi connectivity index (χ3v) is 7.05. The van der Waals surface area contributed by atoms with Gasteiger partial charge in [0.15, 0.2) is 0 Å². The number of hydrogen-bond acceptors (Lipinski definition) is 5. The summed E-state index contributed by atoms with van der Waals surface area (Å²) in [5.41, 5.74) is 3.24. The Morgan fingerprint density at radius 2 is 1.86 bits per heavy atom. The molecule has 1 aromatic heterocycles. The minimum atomic E-state index is -0.276. The van der Waals surface area contributed by atoms with Crippen LogP contribution in [0.4, 0.5) is 0 Å². The average molecular weight is 579 g/mol. The highest BCUT2D eigenvalue weighted by molar-refractivity contribution is 5.78. The lowest BCUT2D eigenvalue weighted by molar-refractivity contribution is -0.132. The number of allylic oxidation sites excluding steroid dienone is 7. The van der Waals surface area contributed by atoms with Crippen molar-refractivity contribution >= 4 is 12.1 Å². The Bertz CT molecular complexity index is 1160. The summed E-state index contributed by atoms with van der Waals surface area (Å²) in [6.45, 7) is 17.8. The maximum Gasteiger partial charge on any atom is 0.226 e. The zero-order valence-electron chi connectivity index (χ0n) is 27.4. The van der Waals surface area contributed by atoms with Gasteiger partial charge in [-0.2, -0.15) is 0 Å². The van der Waals surface area contributed by atoms with E-state index in [1.165, 1.54) is 11.3 Å².